The van der Waals surface area contributed by atoms with E-state index in [1.165, 1.54) is 5.56 Å². The van der Waals surface area contributed by atoms with Gasteiger partial charge < -0.3 is 14.8 Å². The van der Waals surface area contributed by atoms with Gasteiger partial charge in [0.2, 0.25) is 0 Å². The van der Waals surface area contributed by atoms with E-state index in [0.29, 0.717) is 13.2 Å². The molecule has 1 heterocycles. The van der Waals surface area contributed by atoms with E-state index >= 15 is 0 Å². The first-order chi connectivity index (χ1) is 8.31. The smallest absolute Gasteiger partial charge is 0.175 e. The highest BCUT2D eigenvalue weighted by Crippen LogP contribution is 2.38. The number of hydrogen-bond acceptors (Lipinski definition) is 3. The van der Waals surface area contributed by atoms with Crippen LogP contribution in [0.4, 0.5) is 0 Å². The van der Waals surface area contributed by atoms with Crippen LogP contribution in [0.15, 0.2) is 29.3 Å². The molecule has 0 fully saturated rings. The molecule has 3 nitrogen and oxygen atoms in total. The normalized spacial score (nSPS) is 14.2. The molecule has 17 heavy (non-hydrogen) atoms. The Hall–Kier alpha value is -1.00. The zero-order chi connectivity index (χ0) is 12.1. The Balaban J connectivity index is 2.16. The molecular formula is C13H16BrNO2. The first-order valence-corrected chi connectivity index (χ1v) is 6.50. The van der Waals surface area contributed by atoms with Crippen LogP contribution in [0.25, 0.3) is 0 Å². The molecule has 0 aliphatic carbocycles. The van der Waals surface area contributed by atoms with E-state index in [4.69, 9.17) is 9.47 Å². The van der Waals surface area contributed by atoms with E-state index in [1.54, 1.807) is 0 Å². The van der Waals surface area contributed by atoms with Crippen LogP contribution in [-0.4, -0.2) is 19.8 Å². The van der Waals surface area contributed by atoms with Gasteiger partial charge in [-0.1, -0.05) is 6.08 Å². The van der Waals surface area contributed by atoms with Crippen LogP contribution in [0, 0.1) is 0 Å². The average molecular weight is 298 g/mol. The van der Waals surface area contributed by atoms with E-state index in [-0.39, 0.29) is 0 Å². The number of benzene rings is 1. The lowest BCUT2D eigenvalue weighted by Gasteiger charge is -2.12. The molecule has 0 unspecified atom stereocenters. The molecule has 1 aromatic carbocycles. The van der Waals surface area contributed by atoms with Crippen molar-refractivity contribution in [3.05, 3.63) is 34.8 Å². The predicted molar refractivity (Wildman–Crippen MR) is 71.7 cm³/mol. The number of ether oxygens (including phenoxy) is 2. The summed E-state index contributed by atoms with van der Waals surface area (Å²) in [7, 11) is 0. The van der Waals surface area contributed by atoms with Gasteiger partial charge in [-0.15, -0.1) is 6.58 Å². The minimum absolute atomic E-state index is 0.708. The van der Waals surface area contributed by atoms with Gasteiger partial charge in [-0.3, -0.25) is 0 Å². The fourth-order valence-corrected chi connectivity index (χ4v) is 2.31. The highest BCUT2D eigenvalue weighted by Gasteiger charge is 2.14. The van der Waals surface area contributed by atoms with Crippen molar-refractivity contribution in [1.29, 1.82) is 0 Å². The van der Waals surface area contributed by atoms with Crippen molar-refractivity contribution in [1.82, 2.24) is 5.32 Å². The van der Waals surface area contributed by atoms with Gasteiger partial charge in [-0.2, -0.15) is 0 Å². The summed E-state index contributed by atoms with van der Waals surface area (Å²) in [4.78, 5) is 0. The molecular weight excluding hydrogens is 282 g/mol. The Labute approximate surface area is 110 Å². The van der Waals surface area contributed by atoms with Crippen molar-refractivity contribution >= 4 is 15.9 Å². The van der Waals surface area contributed by atoms with Crippen LogP contribution in [0.2, 0.25) is 0 Å². The van der Waals surface area contributed by atoms with Gasteiger partial charge in [0.15, 0.2) is 11.5 Å². The summed E-state index contributed by atoms with van der Waals surface area (Å²) in [5, 5.41) is 3.27. The van der Waals surface area contributed by atoms with Crippen molar-refractivity contribution in [2.75, 3.05) is 19.8 Å². The Bertz CT molecular complexity index is 407. The molecule has 1 aliphatic heterocycles. The van der Waals surface area contributed by atoms with Crippen LogP contribution in [-0.2, 0) is 6.54 Å². The quantitative estimate of drug-likeness (QED) is 0.685. The van der Waals surface area contributed by atoms with Gasteiger partial charge in [0.05, 0.1) is 17.7 Å². The lowest BCUT2D eigenvalue weighted by molar-refractivity contribution is 0.296. The van der Waals surface area contributed by atoms with Crippen molar-refractivity contribution in [2.45, 2.75) is 13.0 Å². The molecule has 92 valence electrons. The largest absolute Gasteiger partial charge is 0.490 e. The third kappa shape index (κ3) is 3.23. The molecule has 0 amide bonds. The number of fused-ring (bicyclic) bond motifs is 1. The summed E-state index contributed by atoms with van der Waals surface area (Å²) in [6.07, 6.45) is 2.77. The summed E-state index contributed by atoms with van der Waals surface area (Å²) in [5.41, 5.74) is 1.17. The Morgan fingerprint density at radius 2 is 2.18 bits per heavy atom. The van der Waals surface area contributed by atoms with E-state index in [2.05, 4.69) is 33.9 Å². The van der Waals surface area contributed by atoms with E-state index in [1.807, 2.05) is 12.1 Å². The zero-order valence-electron chi connectivity index (χ0n) is 9.67. The topological polar surface area (TPSA) is 30.5 Å². The summed E-state index contributed by atoms with van der Waals surface area (Å²) >= 11 is 3.52. The van der Waals surface area contributed by atoms with Gasteiger partial charge in [-0.25, -0.2) is 0 Å². The first-order valence-electron chi connectivity index (χ1n) is 5.71. The molecule has 0 saturated heterocycles. The number of nitrogens with one attached hydrogen (secondary N) is 1. The molecule has 0 bridgehead atoms. The van der Waals surface area contributed by atoms with Gasteiger partial charge in [0.1, 0.15) is 0 Å². The van der Waals surface area contributed by atoms with Crippen molar-refractivity contribution in [2.24, 2.45) is 0 Å². The monoisotopic (exact) mass is 297 g/mol. The Morgan fingerprint density at radius 3 is 3.00 bits per heavy atom. The third-order valence-electron chi connectivity index (χ3n) is 2.48. The van der Waals surface area contributed by atoms with Crippen LogP contribution >= 0.6 is 15.9 Å². The maximum atomic E-state index is 5.67. The molecule has 0 radical (unpaired) electrons. The van der Waals surface area contributed by atoms with Gasteiger partial charge >= 0.3 is 0 Å². The van der Waals surface area contributed by atoms with Crippen LogP contribution < -0.4 is 14.8 Å². The highest BCUT2D eigenvalue weighted by atomic mass is 79.9. The first kappa shape index (κ1) is 12.5. The molecule has 0 atom stereocenters. The average Bonchev–Trinajstić information content (AvgIpc) is 2.55. The Morgan fingerprint density at radius 1 is 1.35 bits per heavy atom. The number of halogens is 1. The maximum absolute atomic E-state index is 5.67. The lowest BCUT2D eigenvalue weighted by Crippen LogP contribution is -2.12. The molecule has 0 saturated carbocycles. The molecule has 1 aromatic rings. The van der Waals surface area contributed by atoms with Gasteiger partial charge in [0.25, 0.3) is 0 Å². The summed E-state index contributed by atoms with van der Waals surface area (Å²) < 4.78 is 12.3. The Kier molecular flexibility index (Phi) is 4.45. The maximum Gasteiger partial charge on any atom is 0.175 e. The number of rotatable bonds is 4. The molecule has 1 N–H and O–H groups in total. The molecule has 0 aromatic heterocycles. The summed E-state index contributed by atoms with van der Waals surface area (Å²) in [6, 6.07) is 4.09. The molecule has 0 spiro atoms. The lowest BCUT2D eigenvalue weighted by atomic mass is 10.2. The minimum atomic E-state index is 0.708. The second-order valence-corrected chi connectivity index (χ2v) is 4.73. The van der Waals surface area contributed by atoms with Crippen molar-refractivity contribution in [3.8, 4) is 11.5 Å². The van der Waals surface area contributed by atoms with Crippen LogP contribution in [0.5, 0.6) is 11.5 Å². The third-order valence-corrected chi connectivity index (χ3v) is 3.07. The summed E-state index contributed by atoms with van der Waals surface area (Å²) in [6.45, 7) is 6.69. The zero-order valence-corrected chi connectivity index (χ0v) is 11.3. The van der Waals surface area contributed by atoms with Crippen molar-refractivity contribution in [3.63, 3.8) is 0 Å². The van der Waals surface area contributed by atoms with Gasteiger partial charge in [0, 0.05) is 19.5 Å². The van der Waals surface area contributed by atoms with Crippen LogP contribution in [0.1, 0.15) is 12.0 Å². The van der Waals surface area contributed by atoms with E-state index in [0.717, 1.165) is 35.5 Å². The van der Waals surface area contributed by atoms with Crippen LogP contribution in [0.3, 0.4) is 0 Å². The molecule has 2 rings (SSSR count). The fourth-order valence-electron chi connectivity index (χ4n) is 1.70. The molecule has 1 aliphatic rings. The number of hydrogen-bond donors (Lipinski definition) is 1. The summed E-state index contributed by atoms with van der Waals surface area (Å²) in [5.74, 6) is 1.64. The SMILES string of the molecule is C=CCNCc1cc(Br)c2c(c1)OCCCO2. The van der Waals surface area contributed by atoms with E-state index < -0.39 is 0 Å². The minimum Gasteiger partial charge on any atom is -0.490 e. The second-order valence-electron chi connectivity index (χ2n) is 3.87. The standard InChI is InChI=1S/C13H16BrNO2/c1-2-4-15-9-10-7-11(14)13-12(8-10)16-5-3-6-17-13/h2,7-8,15H,1,3-6,9H2. The predicted octanol–water partition coefficient (Wildman–Crippen LogP) is 2.89. The van der Waals surface area contributed by atoms with Crippen molar-refractivity contribution < 1.29 is 9.47 Å². The second kappa shape index (κ2) is 6.07. The van der Waals surface area contributed by atoms with Gasteiger partial charge in [-0.05, 0) is 33.6 Å². The fraction of sp³-hybridized carbons (Fsp3) is 0.385. The molecule has 4 heteroatoms. The van der Waals surface area contributed by atoms with E-state index in [9.17, 15) is 0 Å². The highest BCUT2D eigenvalue weighted by molar-refractivity contribution is 9.10.